The number of rotatable bonds is 3. The molecule has 1 rings (SSSR count). The highest BCUT2D eigenvalue weighted by Gasteiger charge is 2.41. The van der Waals surface area contributed by atoms with E-state index in [-0.39, 0.29) is 5.41 Å². The lowest BCUT2D eigenvalue weighted by atomic mass is 9.73. The normalized spacial score (nSPS) is 21.5. The van der Waals surface area contributed by atoms with Gasteiger partial charge >= 0.3 is 0 Å². The van der Waals surface area contributed by atoms with Crippen molar-refractivity contribution in [2.24, 2.45) is 11.3 Å². The van der Waals surface area contributed by atoms with Crippen LogP contribution in [0, 0.1) is 11.3 Å². The molecule has 0 unspecified atom stereocenters. The SMILES string of the molecule is CCC(C)(C)C1CN(S(C)(=O)=O)C1. The first-order valence-electron chi connectivity index (χ1n) is 4.72. The van der Waals surface area contributed by atoms with E-state index in [0.717, 1.165) is 6.42 Å². The molecule has 13 heavy (non-hydrogen) atoms. The highest BCUT2D eigenvalue weighted by atomic mass is 32.2. The minimum Gasteiger partial charge on any atom is -0.213 e. The lowest BCUT2D eigenvalue weighted by molar-refractivity contribution is 0.0720. The number of hydrogen-bond donors (Lipinski definition) is 0. The molecule has 1 aliphatic rings. The Bertz CT molecular complexity index is 276. The molecule has 0 aromatic carbocycles. The zero-order valence-electron chi connectivity index (χ0n) is 8.87. The number of sulfonamides is 1. The van der Waals surface area contributed by atoms with Gasteiger partial charge in [0, 0.05) is 13.1 Å². The Kier molecular flexibility index (Phi) is 2.74. The van der Waals surface area contributed by atoms with Crippen LogP contribution in [-0.4, -0.2) is 32.1 Å². The molecule has 1 aliphatic heterocycles. The highest BCUT2D eigenvalue weighted by molar-refractivity contribution is 7.88. The number of nitrogens with zero attached hydrogens (tertiary/aromatic N) is 1. The van der Waals surface area contributed by atoms with Crippen LogP contribution in [0.25, 0.3) is 0 Å². The summed E-state index contributed by atoms with van der Waals surface area (Å²) in [7, 11) is -2.93. The molecule has 0 saturated carbocycles. The smallest absolute Gasteiger partial charge is 0.211 e. The summed E-state index contributed by atoms with van der Waals surface area (Å²) in [6.45, 7) is 7.98. The van der Waals surface area contributed by atoms with Gasteiger partial charge in [0.25, 0.3) is 0 Å². The van der Waals surface area contributed by atoms with Gasteiger partial charge in [0.05, 0.1) is 6.26 Å². The topological polar surface area (TPSA) is 37.4 Å². The van der Waals surface area contributed by atoms with Crippen LogP contribution in [0.5, 0.6) is 0 Å². The van der Waals surface area contributed by atoms with Crippen molar-refractivity contribution in [2.75, 3.05) is 19.3 Å². The van der Waals surface area contributed by atoms with Crippen LogP contribution < -0.4 is 0 Å². The second-order valence-corrected chi connectivity index (χ2v) is 6.60. The van der Waals surface area contributed by atoms with Crippen molar-refractivity contribution in [1.82, 2.24) is 4.31 Å². The zero-order valence-corrected chi connectivity index (χ0v) is 9.69. The molecule has 1 saturated heterocycles. The minimum absolute atomic E-state index is 0.279. The van der Waals surface area contributed by atoms with Crippen molar-refractivity contribution in [3.05, 3.63) is 0 Å². The first kappa shape index (κ1) is 11.0. The Morgan fingerprint density at radius 3 is 2.15 bits per heavy atom. The lowest BCUT2D eigenvalue weighted by Crippen LogP contribution is -2.54. The van der Waals surface area contributed by atoms with Crippen molar-refractivity contribution in [3.8, 4) is 0 Å². The Hall–Kier alpha value is -0.0900. The van der Waals surface area contributed by atoms with Gasteiger partial charge < -0.3 is 0 Å². The maximum atomic E-state index is 11.1. The molecule has 0 atom stereocenters. The maximum absolute atomic E-state index is 11.1. The van der Waals surface area contributed by atoms with Crippen LogP contribution in [0.3, 0.4) is 0 Å². The third-order valence-electron chi connectivity index (χ3n) is 3.33. The van der Waals surface area contributed by atoms with E-state index in [4.69, 9.17) is 0 Å². The van der Waals surface area contributed by atoms with E-state index in [9.17, 15) is 8.42 Å². The first-order valence-corrected chi connectivity index (χ1v) is 6.57. The average molecular weight is 205 g/mol. The lowest BCUT2D eigenvalue weighted by Gasteiger charge is -2.46. The average Bonchev–Trinajstić information content (AvgIpc) is 1.79. The molecule has 1 heterocycles. The van der Waals surface area contributed by atoms with Gasteiger partial charge in [-0.1, -0.05) is 27.2 Å². The van der Waals surface area contributed by atoms with E-state index in [1.165, 1.54) is 6.26 Å². The van der Waals surface area contributed by atoms with Crippen LogP contribution in [0.15, 0.2) is 0 Å². The van der Waals surface area contributed by atoms with Gasteiger partial charge in [0.1, 0.15) is 0 Å². The van der Waals surface area contributed by atoms with E-state index < -0.39 is 10.0 Å². The molecular weight excluding hydrogens is 186 g/mol. The van der Waals surface area contributed by atoms with E-state index in [1.54, 1.807) is 4.31 Å². The summed E-state index contributed by atoms with van der Waals surface area (Å²) in [5.41, 5.74) is 0.279. The van der Waals surface area contributed by atoms with Crippen molar-refractivity contribution in [2.45, 2.75) is 27.2 Å². The van der Waals surface area contributed by atoms with Crippen molar-refractivity contribution >= 4 is 10.0 Å². The summed E-state index contributed by atoms with van der Waals surface area (Å²) in [5.74, 6) is 0.534. The van der Waals surface area contributed by atoms with E-state index in [2.05, 4.69) is 20.8 Å². The second kappa shape index (κ2) is 3.24. The van der Waals surface area contributed by atoms with Crippen molar-refractivity contribution < 1.29 is 8.42 Å². The molecule has 0 aromatic heterocycles. The van der Waals surface area contributed by atoms with Crippen LogP contribution in [-0.2, 0) is 10.0 Å². The molecule has 0 bridgehead atoms. The fourth-order valence-electron chi connectivity index (χ4n) is 1.49. The first-order chi connectivity index (χ1) is 5.77. The molecule has 0 amide bonds. The molecule has 0 aromatic rings. The summed E-state index contributed by atoms with van der Waals surface area (Å²) >= 11 is 0. The Labute approximate surface area is 81.2 Å². The quantitative estimate of drug-likeness (QED) is 0.696. The third kappa shape index (κ3) is 2.23. The van der Waals surface area contributed by atoms with Crippen LogP contribution in [0.1, 0.15) is 27.2 Å². The van der Waals surface area contributed by atoms with Crippen molar-refractivity contribution in [1.29, 1.82) is 0 Å². The van der Waals surface area contributed by atoms with E-state index >= 15 is 0 Å². The van der Waals surface area contributed by atoms with Gasteiger partial charge in [-0.2, -0.15) is 0 Å². The van der Waals surface area contributed by atoms with Crippen LogP contribution >= 0.6 is 0 Å². The predicted molar refractivity (Wildman–Crippen MR) is 54.0 cm³/mol. The third-order valence-corrected chi connectivity index (χ3v) is 4.57. The highest BCUT2D eigenvalue weighted by Crippen LogP contribution is 2.37. The monoisotopic (exact) mass is 205 g/mol. The molecular formula is C9H19NO2S. The summed E-state index contributed by atoms with van der Waals surface area (Å²) in [6, 6.07) is 0. The Balaban J connectivity index is 2.51. The maximum Gasteiger partial charge on any atom is 0.211 e. The minimum atomic E-state index is -2.93. The second-order valence-electron chi connectivity index (χ2n) is 4.62. The molecule has 0 radical (unpaired) electrons. The molecule has 4 heteroatoms. The fourth-order valence-corrected chi connectivity index (χ4v) is 2.39. The number of hydrogen-bond acceptors (Lipinski definition) is 2. The fraction of sp³-hybridized carbons (Fsp3) is 1.00. The van der Waals surface area contributed by atoms with E-state index in [0.29, 0.717) is 19.0 Å². The largest absolute Gasteiger partial charge is 0.213 e. The van der Waals surface area contributed by atoms with Gasteiger partial charge in [0.15, 0.2) is 0 Å². The van der Waals surface area contributed by atoms with Gasteiger partial charge in [-0.3, -0.25) is 0 Å². The molecule has 78 valence electrons. The summed E-state index contributed by atoms with van der Waals surface area (Å²) < 4.78 is 23.8. The molecule has 0 aliphatic carbocycles. The standard InChI is InChI=1S/C9H19NO2S/c1-5-9(2,3)8-6-10(7-8)13(4,11)12/h8H,5-7H2,1-4H3. The molecule has 0 spiro atoms. The Morgan fingerprint density at radius 1 is 1.38 bits per heavy atom. The van der Waals surface area contributed by atoms with Crippen LogP contribution in [0.2, 0.25) is 0 Å². The van der Waals surface area contributed by atoms with Gasteiger partial charge in [-0.05, 0) is 11.3 Å². The molecule has 1 fully saturated rings. The van der Waals surface area contributed by atoms with Gasteiger partial charge in [-0.15, -0.1) is 0 Å². The zero-order chi connectivity index (χ0) is 10.3. The molecule has 0 N–H and O–H groups in total. The van der Waals surface area contributed by atoms with Crippen molar-refractivity contribution in [3.63, 3.8) is 0 Å². The summed E-state index contributed by atoms with van der Waals surface area (Å²) in [6.07, 6.45) is 2.39. The summed E-state index contributed by atoms with van der Waals surface area (Å²) in [5, 5.41) is 0. The van der Waals surface area contributed by atoms with E-state index in [1.807, 2.05) is 0 Å². The van der Waals surface area contributed by atoms with Gasteiger partial charge in [0.2, 0.25) is 10.0 Å². The van der Waals surface area contributed by atoms with Gasteiger partial charge in [-0.25, -0.2) is 12.7 Å². The predicted octanol–water partition coefficient (Wildman–Crippen LogP) is 1.31. The van der Waals surface area contributed by atoms with Crippen LogP contribution in [0.4, 0.5) is 0 Å². The molecule has 3 nitrogen and oxygen atoms in total. The summed E-state index contributed by atoms with van der Waals surface area (Å²) in [4.78, 5) is 0. The Morgan fingerprint density at radius 2 is 1.85 bits per heavy atom.